The first-order chi connectivity index (χ1) is 17.5. The molecule has 0 spiro atoms. The van der Waals surface area contributed by atoms with Crippen molar-refractivity contribution in [1.82, 2.24) is 14.1 Å². The molecule has 0 bridgehead atoms. The summed E-state index contributed by atoms with van der Waals surface area (Å²) in [7, 11) is 0. The first-order valence-corrected chi connectivity index (χ1v) is 12.0. The SMILES string of the molecule is O=C(O)c1cc2c(cc(-c3ccc(-n4ccnc4)cc3)n2-c2ccc(Nc3ccc(O)cc3)cc2)s1. The highest BCUT2D eigenvalue weighted by Crippen LogP contribution is 2.37. The van der Waals surface area contributed by atoms with E-state index in [1.165, 1.54) is 11.3 Å². The number of anilines is 2. The zero-order valence-corrected chi connectivity index (χ0v) is 19.7. The third-order valence-electron chi connectivity index (χ3n) is 5.95. The molecule has 0 aliphatic carbocycles. The molecule has 8 heteroatoms. The molecule has 0 aliphatic heterocycles. The molecule has 0 fully saturated rings. The van der Waals surface area contributed by atoms with Gasteiger partial charge in [-0.2, -0.15) is 0 Å². The number of carboxylic acids is 1. The first-order valence-electron chi connectivity index (χ1n) is 11.2. The second kappa shape index (κ2) is 8.75. The van der Waals surface area contributed by atoms with Crippen LogP contribution >= 0.6 is 11.3 Å². The molecular weight excluding hydrogens is 472 g/mol. The lowest BCUT2D eigenvalue weighted by atomic mass is 10.1. The van der Waals surface area contributed by atoms with Gasteiger partial charge in [0.15, 0.2) is 0 Å². The fourth-order valence-electron chi connectivity index (χ4n) is 4.21. The van der Waals surface area contributed by atoms with E-state index in [1.54, 1.807) is 30.7 Å². The maximum Gasteiger partial charge on any atom is 0.345 e. The number of rotatable bonds is 6. The predicted molar refractivity (Wildman–Crippen MR) is 142 cm³/mol. The maximum absolute atomic E-state index is 11.6. The number of benzene rings is 3. The van der Waals surface area contributed by atoms with Crippen molar-refractivity contribution in [3.63, 3.8) is 0 Å². The van der Waals surface area contributed by atoms with Gasteiger partial charge in [0.1, 0.15) is 10.6 Å². The summed E-state index contributed by atoms with van der Waals surface area (Å²) in [5.74, 6) is -0.711. The van der Waals surface area contributed by atoms with Crippen molar-refractivity contribution in [1.29, 1.82) is 0 Å². The highest BCUT2D eigenvalue weighted by Gasteiger charge is 2.18. The monoisotopic (exact) mass is 492 g/mol. The summed E-state index contributed by atoms with van der Waals surface area (Å²) in [4.78, 5) is 16.0. The number of nitrogens with zero attached hydrogens (tertiary/aromatic N) is 3. The van der Waals surface area contributed by atoms with Crippen molar-refractivity contribution < 1.29 is 15.0 Å². The molecule has 3 heterocycles. The minimum absolute atomic E-state index is 0.217. The molecule has 0 unspecified atom stereocenters. The topological polar surface area (TPSA) is 92.3 Å². The normalized spacial score (nSPS) is 11.1. The Hall–Kier alpha value is -4.82. The third kappa shape index (κ3) is 3.99. The quantitative estimate of drug-likeness (QED) is 0.225. The van der Waals surface area contributed by atoms with Gasteiger partial charge >= 0.3 is 5.97 Å². The average Bonchev–Trinajstić information content (AvgIpc) is 3.63. The molecule has 0 amide bonds. The lowest BCUT2D eigenvalue weighted by molar-refractivity contribution is 0.0702. The standard InChI is InChI=1S/C28H20N4O3S/c33-23-11-5-20(6-12-23)30-19-3-9-22(10-4-19)32-24(15-26-25(32)16-27(36-26)28(34)35)18-1-7-21(8-2-18)31-14-13-29-17-31/h1-17,30,33H,(H,34,35). The van der Waals surface area contributed by atoms with E-state index in [0.717, 1.165) is 44.2 Å². The number of thiophene rings is 1. The Morgan fingerprint density at radius 3 is 2.17 bits per heavy atom. The molecular formula is C28H20N4O3S. The van der Waals surface area contributed by atoms with Crippen molar-refractivity contribution in [2.24, 2.45) is 0 Å². The van der Waals surface area contributed by atoms with Gasteiger partial charge in [0.25, 0.3) is 0 Å². The van der Waals surface area contributed by atoms with Crippen LogP contribution in [0.3, 0.4) is 0 Å². The number of hydrogen-bond donors (Lipinski definition) is 3. The van der Waals surface area contributed by atoms with Crippen LogP contribution in [0.4, 0.5) is 11.4 Å². The second-order valence-corrected chi connectivity index (χ2v) is 9.35. The number of carboxylic acid groups (broad SMARTS) is 1. The van der Waals surface area contributed by atoms with Gasteiger partial charge in [0.2, 0.25) is 0 Å². The number of nitrogens with one attached hydrogen (secondary N) is 1. The van der Waals surface area contributed by atoms with Crippen LogP contribution in [0.15, 0.2) is 104 Å². The number of phenols is 1. The Labute approximate surface area is 210 Å². The van der Waals surface area contributed by atoms with Gasteiger partial charge in [0, 0.05) is 35.1 Å². The minimum Gasteiger partial charge on any atom is -0.508 e. The van der Waals surface area contributed by atoms with Crippen molar-refractivity contribution >= 4 is 38.9 Å². The van der Waals surface area contributed by atoms with E-state index in [9.17, 15) is 15.0 Å². The summed E-state index contributed by atoms with van der Waals surface area (Å²) in [6.07, 6.45) is 5.40. The average molecular weight is 493 g/mol. The molecule has 3 N–H and O–H groups in total. The van der Waals surface area contributed by atoms with Crippen LogP contribution in [0.25, 0.3) is 32.8 Å². The summed E-state index contributed by atoms with van der Waals surface area (Å²) >= 11 is 1.27. The lowest BCUT2D eigenvalue weighted by Gasteiger charge is -2.13. The van der Waals surface area contributed by atoms with Crippen molar-refractivity contribution in [2.45, 2.75) is 0 Å². The molecule has 3 aromatic carbocycles. The smallest absolute Gasteiger partial charge is 0.345 e. The Bertz CT molecular complexity index is 1660. The molecule has 6 aromatic rings. The summed E-state index contributed by atoms with van der Waals surface area (Å²) < 4.78 is 4.95. The van der Waals surface area contributed by atoms with E-state index in [-0.39, 0.29) is 5.75 Å². The summed E-state index contributed by atoms with van der Waals surface area (Å²) in [6, 6.07) is 26.8. The van der Waals surface area contributed by atoms with Crippen molar-refractivity contribution in [3.05, 3.63) is 109 Å². The van der Waals surface area contributed by atoms with E-state index in [0.29, 0.717) is 4.88 Å². The van der Waals surface area contributed by atoms with E-state index in [2.05, 4.69) is 27.0 Å². The zero-order chi connectivity index (χ0) is 24.6. The van der Waals surface area contributed by atoms with Gasteiger partial charge in [-0.1, -0.05) is 12.1 Å². The molecule has 0 saturated carbocycles. The fourth-order valence-corrected chi connectivity index (χ4v) is 5.13. The van der Waals surface area contributed by atoms with E-state index in [4.69, 9.17) is 0 Å². The highest BCUT2D eigenvalue weighted by atomic mass is 32.1. The molecule has 36 heavy (non-hydrogen) atoms. The van der Waals surface area contributed by atoms with E-state index >= 15 is 0 Å². The number of aromatic hydroxyl groups is 1. The molecule has 0 aliphatic rings. The molecule has 6 rings (SSSR count). The number of aromatic nitrogens is 3. The second-order valence-electron chi connectivity index (χ2n) is 8.27. The van der Waals surface area contributed by atoms with Crippen LogP contribution in [0.2, 0.25) is 0 Å². The number of phenolic OH excluding ortho intramolecular Hbond substituents is 1. The van der Waals surface area contributed by atoms with Gasteiger partial charge in [0.05, 0.1) is 22.2 Å². The Morgan fingerprint density at radius 1 is 0.861 bits per heavy atom. The van der Waals surface area contributed by atoms with E-state index < -0.39 is 5.97 Å². The summed E-state index contributed by atoms with van der Waals surface area (Å²) in [5.41, 5.74) is 6.54. The highest BCUT2D eigenvalue weighted by molar-refractivity contribution is 7.20. The van der Waals surface area contributed by atoms with Crippen LogP contribution in [-0.2, 0) is 0 Å². The molecule has 0 saturated heterocycles. The number of hydrogen-bond acceptors (Lipinski definition) is 5. The van der Waals surface area contributed by atoms with Crippen LogP contribution in [-0.4, -0.2) is 30.3 Å². The molecule has 0 atom stereocenters. The van der Waals surface area contributed by atoms with Crippen LogP contribution < -0.4 is 5.32 Å². The molecule has 176 valence electrons. The number of fused-ring (bicyclic) bond motifs is 1. The predicted octanol–water partition coefficient (Wildman–Crippen LogP) is 6.69. The third-order valence-corrected chi connectivity index (χ3v) is 7.01. The maximum atomic E-state index is 11.6. The number of imidazole rings is 1. The van der Waals surface area contributed by atoms with Crippen LogP contribution in [0.5, 0.6) is 5.75 Å². The largest absolute Gasteiger partial charge is 0.508 e. The van der Waals surface area contributed by atoms with Crippen molar-refractivity contribution in [3.8, 4) is 28.4 Å². The van der Waals surface area contributed by atoms with Crippen LogP contribution in [0, 0.1) is 0 Å². The molecule has 0 radical (unpaired) electrons. The van der Waals surface area contributed by atoms with Crippen LogP contribution in [0.1, 0.15) is 9.67 Å². The molecule has 7 nitrogen and oxygen atoms in total. The van der Waals surface area contributed by atoms with E-state index in [1.807, 2.05) is 65.4 Å². The lowest BCUT2D eigenvalue weighted by Crippen LogP contribution is -1.98. The van der Waals surface area contributed by atoms with Gasteiger partial charge < -0.3 is 24.7 Å². The summed E-state index contributed by atoms with van der Waals surface area (Å²) in [5, 5.41) is 22.4. The molecule has 3 aromatic heterocycles. The zero-order valence-electron chi connectivity index (χ0n) is 18.9. The number of aromatic carboxylic acids is 1. The minimum atomic E-state index is -0.928. The van der Waals surface area contributed by atoms with Crippen molar-refractivity contribution in [2.75, 3.05) is 5.32 Å². The summed E-state index contributed by atoms with van der Waals surface area (Å²) in [6.45, 7) is 0. The first kappa shape index (κ1) is 21.7. The van der Waals surface area contributed by atoms with Gasteiger partial charge in [-0.05, 0) is 78.4 Å². The Kier molecular flexibility index (Phi) is 5.28. The Balaban J connectivity index is 1.40. The Morgan fingerprint density at radius 2 is 1.53 bits per heavy atom. The van der Waals surface area contributed by atoms with Gasteiger partial charge in [-0.3, -0.25) is 0 Å². The van der Waals surface area contributed by atoms with Gasteiger partial charge in [-0.25, -0.2) is 9.78 Å². The fraction of sp³-hybridized carbons (Fsp3) is 0. The number of carbonyl (C=O) groups is 1. The van der Waals surface area contributed by atoms with Gasteiger partial charge in [-0.15, -0.1) is 11.3 Å².